The third-order valence-electron chi connectivity index (χ3n) is 11.3. The number of rotatable bonds is 17. The van der Waals surface area contributed by atoms with Crippen molar-refractivity contribution in [1.82, 2.24) is 29.7 Å². The smallest absolute Gasteiger partial charge is 0.261 e. The van der Waals surface area contributed by atoms with Crippen molar-refractivity contribution in [3.63, 3.8) is 0 Å². The van der Waals surface area contributed by atoms with Crippen LogP contribution in [0.4, 0.5) is 0 Å². The average molecular weight is 809 g/mol. The molecular formula is C45H53ClN6O6. The van der Waals surface area contributed by atoms with Crippen LogP contribution < -0.4 is 20.3 Å². The molecule has 0 unspecified atom stereocenters. The third-order valence-corrected chi connectivity index (χ3v) is 11.6. The zero-order valence-electron chi connectivity index (χ0n) is 33.6. The average Bonchev–Trinajstić information content (AvgIpc) is 4.08. The van der Waals surface area contributed by atoms with Crippen molar-refractivity contribution >= 4 is 45.2 Å². The van der Waals surface area contributed by atoms with Crippen LogP contribution in [0.3, 0.4) is 0 Å². The number of aliphatic hydroxyl groups is 1. The number of methoxy groups -OCH3 is 1. The van der Waals surface area contributed by atoms with E-state index in [9.17, 15) is 19.5 Å². The number of fused-ring (bicyclic) bond motifs is 2. The van der Waals surface area contributed by atoms with E-state index in [0.29, 0.717) is 97.3 Å². The maximum atomic E-state index is 14.1. The molecule has 2 fully saturated rings. The fourth-order valence-electron chi connectivity index (χ4n) is 7.79. The van der Waals surface area contributed by atoms with E-state index in [1.807, 2.05) is 61.5 Å². The molecule has 7 rings (SSSR count). The molecule has 3 heterocycles. The van der Waals surface area contributed by atoms with Gasteiger partial charge in [0.05, 0.1) is 53.6 Å². The topological polar surface area (TPSA) is 139 Å². The number of carbonyl (C=O) groups is 2. The van der Waals surface area contributed by atoms with E-state index in [2.05, 4.69) is 15.2 Å². The number of hydrogen-bond donors (Lipinski definition) is 2. The lowest BCUT2D eigenvalue weighted by Crippen LogP contribution is -2.51. The van der Waals surface area contributed by atoms with Gasteiger partial charge in [0, 0.05) is 60.7 Å². The molecule has 58 heavy (non-hydrogen) atoms. The molecule has 13 heteroatoms. The molecule has 306 valence electrons. The zero-order chi connectivity index (χ0) is 40.8. The van der Waals surface area contributed by atoms with Gasteiger partial charge in [-0.15, -0.1) is 0 Å². The normalized spacial score (nSPS) is 15.8. The highest BCUT2D eigenvalue weighted by Crippen LogP contribution is 2.41. The molecule has 0 radical (unpaired) electrons. The van der Waals surface area contributed by atoms with Crippen molar-refractivity contribution in [1.29, 1.82) is 0 Å². The molecule has 1 aliphatic carbocycles. The highest BCUT2D eigenvalue weighted by molar-refractivity contribution is 6.35. The minimum Gasteiger partial charge on any atom is -0.493 e. The van der Waals surface area contributed by atoms with Crippen LogP contribution in [-0.2, 0) is 17.8 Å². The molecule has 1 saturated carbocycles. The lowest BCUT2D eigenvalue weighted by Gasteiger charge is -2.39. The SMILES string of the molecule is COc1cc2c(=O)n(CC3(O)CCN(C(=O)[C@H](CCCNC(=O)c4ccc5c(Cl)cc(C6CC6)nc5c4)Cc4ccccc4)CC3)cnc2cc1OCCCN(C)C. The Morgan fingerprint density at radius 2 is 1.78 bits per heavy atom. The van der Waals surface area contributed by atoms with Gasteiger partial charge < -0.3 is 29.7 Å². The maximum Gasteiger partial charge on any atom is 0.261 e. The molecule has 12 nitrogen and oxygen atoms in total. The van der Waals surface area contributed by atoms with Gasteiger partial charge in [-0.1, -0.05) is 48.0 Å². The van der Waals surface area contributed by atoms with Gasteiger partial charge in [-0.2, -0.15) is 0 Å². The molecule has 3 aromatic carbocycles. The van der Waals surface area contributed by atoms with E-state index in [4.69, 9.17) is 26.1 Å². The van der Waals surface area contributed by atoms with Crippen molar-refractivity contribution in [3.8, 4) is 11.5 Å². The number of benzene rings is 3. The molecule has 1 aliphatic heterocycles. The van der Waals surface area contributed by atoms with Crippen molar-refractivity contribution < 1.29 is 24.2 Å². The fourth-order valence-corrected chi connectivity index (χ4v) is 8.06. The first-order valence-electron chi connectivity index (χ1n) is 20.3. The Bertz CT molecular complexity index is 2310. The van der Waals surface area contributed by atoms with Crippen LogP contribution in [0.2, 0.25) is 5.02 Å². The second-order valence-corrected chi connectivity index (χ2v) is 16.5. The number of likely N-dealkylation sites (tertiary alicyclic amines) is 1. The summed E-state index contributed by atoms with van der Waals surface area (Å²) in [5, 5.41) is 16.6. The maximum absolute atomic E-state index is 14.1. The summed E-state index contributed by atoms with van der Waals surface area (Å²) >= 11 is 6.53. The van der Waals surface area contributed by atoms with E-state index < -0.39 is 5.60 Å². The second-order valence-electron chi connectivity index (χ2n) is 16.1. The van der Waals surface area contributed by atoms with E-state index in [-0.39, 0.29) is 29.8 Å². The Balaban J connectivity index is 0.957. The lowest BCUT2D eigenvalue weighted by atomic mass is 9.88. The molecular weight excluding hydrogens is 756 g/mol. The number of aromatic nitrogens is 3. The number of ether oxygens (including phenoxy) is 2. The van der Waals surface area contributed by atoms with E-state index in [1.54, 1.807) is 24.3 Å². The number of amides is 2. The first-order chi connectivity index (χ1) is 28.0. The summed E-state index contributed by atoms with van der Waals surface area (Å²) in [4.78, 5) is 54.2. The van der Waals surface area contributed by atoms with Crippen molar-refractivity contribution in [2.75, 3.05) is 54.0 Å². The molecule has 5 aromatic rings. The summed E-state index contributed by atoms with van der Waals surface area (Å²) in [5.74, 6) is 0.950. The number of nitrogens with zero attached hydrogens (tertiary/aromatic N) is 5. The Morgan fingerprint density at radius 3 is 2.50 bits per heavy atom. The highest BCUT2D eigenvalue weighted by atomic mass is 35.5. The molecule has 2 aromatic heterocycles. The zero-order valence-corrected chi connectivity index (χ0v) is 34.3. The Kier molecular flexibility index (Phi) is 13.0. The summed E-state index contributed by atoms with van der Waals surface area (Å²) in [6.07, 6.45) is 6.92. The van der Waals surface area contributed by atoms with Gasteiger partial charge in [0.1, 0.15) is 0 Å². The fraction of sp³-hybridized carbons (Fsp3) is 0.444. The van der Waals surface area contributed by atoms with Crippen LogP contribution in [0.15, 0.2) is 77.9 Å². The van der Waals surface area contributed by atoms with Crippen LogP contribution in [0, 0.1) is 5.92 Å². The van der Waals surface area contributed by atoms with Gasteiger partial charge in [-0.3, -0.25) is 23.9 Å². The highest BCUT2D eigenvalue weighted by Gasteiger charge is 2.36. The quantitative estimate of drug-likeness (QED) is 0.105. The van der Waals surface area contributed by atoms with Gasteiger partial charge in [0.15, 0.2) is 11.5 Å². The molecule has 2 aliphatic rings. The molecule has 1 saturated heterocycles. The lowest BCUT2D eigenvalue weighted by molar-refractivity contribution is -0.140. The van der Waals surface area contributed by atoms with Gasteiger partial charge >= 0.3 is 0 Å². The van der Waals surface area contributed by atoms with E-state index in [0.717, 1.165) is 48.0 Å². The van der Waals surface area contributed by atoms with Gasteiger partial charge in [0.2, 0.25) is 5.91 Å². The van der Waals surface area contributed by atoms with Crippen LogP contribution >= 0.6 is 11.6 Å². The van der Waals surface area contributed by atoms with Crippen LogP contribution in [0.1, 0.15) is 72.5 Å². The molecule has 2 amide bonds. The number of piperidine rings is 1. The van der Waals surface area contributed by atoms with E-state index in [1.165, 1.54) is 18.0 Å². The largest absolute Gasteiger partial charge is 0.493 e. The van der Waals surface area contributed by atoms with Crippen LogP contribution in [0.5, 0.6) is 11.5 Å². The predicted molar refractivity (Wildman–Crippen MR) is 226 cm³/mol. The van der Waals surface area contributed by atoms with Crippen molar-refractivity contribution in [2.24, 2.45) is 5.92 Å². The summed E-state index contributed by atoms with van der Waals surface area (Å²) in [6, 6.07) is 20.7. The number of halogens is 1. The van der Waals surface area contributed by atoms with Gasteiger partial charge in [-0.05, 0) is 95.3 Å². The molecule has 0 bridgehead atoms. The van der Waals surface area contributed by atoms with Gasteiger partial charge in [-0.25, -0.2) is 4.98 Å². The first kappa shape index (κ1) is 41.1. The Morgan fingerprint density at radius 1 is 1.00 bits per heavy atom. The molecule has 0 spiro atoms. The van der Waals surface area contributed by atoms with E-state index >= 15 is 0 Å². The third kappa shape index (κ3) is 9.97. The minimum absolute atomic E-state index is 0.0255. The number of hydrogen-bond acceptors (Lipinski definition) is 9. The monoisotopic (exact) mass is 808 g/mol. The number of pyridine rings is 1. The first-order valence-corrected chi connectivity index (χ1v) is 20.7. The summed E-state index contributed by atoms with van der Waals surface area (Å²) in [5.41, 5.74) is 2.29. The molecule has 1 atom stereocenters. The summed E-state index contributed by atoms with van der Waals surface area (Å²) in [6.45, 7) is 2.56. The second kappa shape index (κ2) is 18.3. The standard InChI is InChI=1S/C45H53ClN6O6/c1-50(2)19-8-22-58-41-27-38-35(25-40(41)57-3)44(55)52(29-48-38)28-45(56)16-20-51(21-17-45)43(54)33(23-30-9-5-4-6-10-30)11-7-18-47-42(53)32-14-15-34-36(46)26-37(31-12-13-31)49-39(34)24-32/h4-6,9-10,14-15,24-27,29,31,33,56H,7-8,11-13,16-23,28H2,1-3H3,(H,47,53)/t33-/m1/s1. The summed E-state index contributed by atoms with van der Waals surface area (Å²) in [7, 11) is 5.55. The predicted octanol–water partition coefficient (Wildman–Crippen LogP) is 6.24. The van der Waals surface area contributed by atoms with Crippen LogP contribution in [-0.4, -0.2) is 101 Å². The van der Waals surface area contributed by atoms with Gasteiger partial charge in [0.25, 0.3) is 11.5 Å². The Hall–Kier alpha value is -5.04. The van der Waals surface area contributed by atoms with Crippen molar-refractivity contribution in [3.05, 3.63) is 105 Å². The summed E-state index contributed by atoms with van der Waals surface area (Å²) < 4.78 is 13.0. The minimum atomic E-state index is -1.20. The van der Waals surface area contributed by atoms with Crippen molar-refractivity contribution in [2.45, 2.75) is 69.4 Å². The number of carbonyl (C=O) groups excluding carboxylic acids is 2. The Labute approximate surface area is 344 Å². The number of nitrogens with one attached hydrogen (secondary N) is 1. The molecule has 2 N–H and O–H groups in total. The van der Waals surface area contributed by atoms with Crippen LogP contribution in [0.25, 0.3) is 21.8 Å².